The van der Waals surface area contributed by atoms with Crippen LogP contribution in [0.4, 0.5) is 0 Å². The summed E-state index contributed by atoms with van der Waals surface area (Å²) in [5, 5.41) is 2.69. The molecule has 12 heavy (non-hydrogen) atoms. The molecule has 1 heterocycles. The zero-order valence-corrected chi connectivity index (χ0v) is 7.29. The molecule has 68 valence electrons. The molecule has 0 aromatic rings. The van der Waals surface area contributed by atoms with Crippen LogP contribution in [-0.4, -0.2) is 24.0 Å². The summed E-state index contributed by atoms with van der Waals surface area (Å²) in [5.74, 6) is -0.463. The maximum atomic E-state index is 11.2. The van der Waals surface area contributed by atoms with Crippen molar-refractivity contribution in [3.63, 3.8) is 0 Å². The molecule has 0 bridgehead atoms. The highest BCUT2D eigenvalue weighted by molar-refractivity contribution is 5.86. The summed E-state index contributed by atoms with van der Waals surface area (Å²) in [4.78, 5) is 21.9. The Morgan fingerprint density at radius 2 is 2.33 bits per heavy atom. The molecule has 1 unspecified atom stereocenters. The number of nitrogens with one attached hydrogen (secondary N) is 1. The quantitative estimate of drug-likeness (QED) is 0.604. The predicted octanol–water partition coefficient (Wildman–Crippen LogP) is 0.217. The normalized spacial score (nSPS) is 22.6. The third-order valence-corrected chi connectivity index (χ3v) is 1.61. The van der Waals surface area contributed by atoms with Crippen LogP contribution in [0.25, 0.3) is 0 Å². The minimum absolute atomic E-state index is 0.0943. The lowest BCUT2D eigenvalue weighted by Gasteiger charge is -2.12. The van der Waals surface area contributed by atoms with Gasteiger partial charge in [-0.05, 0) is 13.8 Å². The molecule has 1 saturated heterocycles. The minimum atomic E-state index is -0.556. The summed E-state index contributed by atoms with van der Waals surface area (Å²) in [6.07, 6.45) is 0.313. The van der Waals surface area contributed by atoms with Crippen LogP contribution in [0.15, 0.2) is 0 Å². The Morgan fingerprint density at radius 1 is 1.67 bits per heavy atom. The van der Waals surface area contributed by atoms with Crippen molar-refractivity contribution < 1.29 is 14.3 Å². The van der Waals surface area contributed by atoms with E-state index in [-0.39, 0.29) is 17.9 Å². The van der Waals surface area contributed by atoms with Gasteiger partial charge in [0.15, 0.2) is 6.10 Å². The van der Waals surface area contributed by atoms with E-state index in [1.807, 2.05) is 13.8 Å². The molecule has 1 atom stereocenters. The van der Waals surface area contributed by atoms with Crippen LogP contribution in [0.1, 0.15) is 26.7 Å². The van der Waals surface area contributed by atoms with Crippen LogP contribution in [0.2, 0.25) is 0 Å². The summed E-state index contributed by atoms with van der Waals surface area (Å²) in [6.45, 7) is 3.74. The summed E-state index contributed by atoms with van der Waals surface area (Å²) >= 11 is 0. The van der Waals surface area contributed by atoms with Gasteiger partial charge in [-0.2, -0.15) is 0 Å². The Hall–Kier alpha value is -1.06. The van der Waals surface area contributed by atoms with E-state index < -0.39 is 6.10 Å². The van der Waals surface area contributed by atoms with E-state index in [4.69, 9.17) is 4.74 Å². The molecule has 4 heteroatoms. The van der Waals surface area contributed by atoms with E-state index in [9.17, 15) is 9.59 Å². The Bertz CT molecular complexity index is 200. The van der Waals surface area contributed by atoms with E-state index in [0.717, 1.165) is 0 Å². The van der Waals surface area contributed by atoms with Gasteiger partial charge in [0.1, 0.15) is 0 Å². The lowest BCUT2D eigenvalue weighted by atomic mass is 10.2. The molecule has 0 aromatic carbocycles. The Labute approximate surface area is 71.3 Å². The Balaban J connectivity index is 2.38. The fraction of sp³-hybridized carbons (Fsp3) is 0.750. The fourth-order valence-electron chi connectivity index (χ4n) is 1.09. The lowest BCUT2D eigenvalue weighted by Crippen LogP contribution is -2.38. The third kappa shape index (κ3) is 2.22. The van der Waals surface area contributed by atoms with Crippen LogP contribution in [0.3, 0.4) is 0 Å². The van der Waals surface area contributed by atoms with Crippen LogP contribution in [-0.2, 0) is 14.3 Å². The SMILES string of the molecule is CC(C)NC(=O)C1CCC(=O)O1. The van der Waals surface area contributed by atoms with Gasteiger partial charge in [0.05, 0.1) is 0 Å². The van der Waals surface area contributed by atoms with Crippen molar-refractivity contribution >= 4 is 11.9 Å². The highest BCUT2D eigenvalue weighted by Gasteiger charge is 2.29. The molecule has 0 spiro atoms. The third-order valence-electron chi connectivity index (χ3n) is 1.61. The fourth-order valence-corrected chi connectivity index (χ4v) is 1.09. The number of cyclic esters (lactones) is 1. The van der Waals surface area contributed by atoms with Crippen LogP contribution in [0, 0.1) is 0 Å². The minimum Gasteiger partial charge on any atom is -0.452 e. The summed E-state index contributed by atoms with van der Waals surface area (Å²) in [6, 6.07) is 0.0943. The van der Waals surface area contributed by atoms with E-state index in [0.29, 0.717) is 12.8 Å². The molecule has 1 amide bonds. The second kappa shape index (κ2) is 3.56. The molecule has 4 nitrogen and oxygen atoms in total. The molecule has 1 aliphatic heterocycles. The lowest BCUT2D eigenvalue weighted by molar-refractivity contribution is -0.148. The second-order valence-electron chi connectivity index (χ2n) is 3.18. The number of carbonyl (C=O) groups is 2. The zero-order valence-electron chi connectivity index (χ0n) is 7.29. The maximum absolute atomic E-state index is 11.2. The van der Waals surface area contributed by atoms with Gasteiger partial charge in [0, 0.05) is 18.9 Å². The topological polar surface area (TPSA) is 55.4 Å². The predicted molar refractivity (Wildman–Crippen MR) is 42.4 cm³/mol. The number of ether oxygens (including phenoxy) is 1. The van der Waals surface area contributed by atoms with Crippen molar-refractivity contribution in [2.45, 2.75) is 38.8 Å². The number of rotatable bonds is 2. The highest BCUT2D eigenvalue weighted by atomic mass is 16.6. The number of hydrogen-bond acceptors (Lipinski definition) is 3. The van der Waals surface area contributed by atoms with Crippen molar-refractivity contribution in [1.82, 2.24) is 5.32 Å². The van der Waals surface area contributed by atoms with Gasteiger partial charge in [0.25, 0.3) is 5.91 Å². The van der Waals surface area contributed by atoms with Crippen molar-refractivity contribution in [3.05, 3.63) is 0 Å². The van der Waals surface area contributed by atoms with E-state index in [2.05, 4.69) is 5.32 Å². The van der Waals surface area contributed by atoms with Crippen LogP contribution >= 0.6 is 0 Å². The molecule has 0 aliphatic carbocycles. The summed E-state index contributed by atoms with van der Waals surface area (Å²) in [7, 11) is 0. The van der Waals surface area contributed by atoms with Crippen molar-refractivity contribution in [3.8, 4) is 0 Å². The standard InChI is InChI=1S/C8H13NO3/c1-5(2)9-8(11)6-3-4-7(10)12-6/h5-6H,3-4H2,1-2H3,(H,9,11). The van der Waals surface area contributed by atoms with Gasteiger partial charge in [0.2, 0.25) is 0 Å². The molecule has 1 rings (SSSR count). The molecule has 1 N–H and O–H groups in total. The summed E-state index contributed by atoms with van der Waals surface area (Å²) < 4.78 is 4.77. The van der Waals surface area contributed by atoms with Gasteiger partial charge < -0.3 is 10.1 Å². The number of hydrogen-bond donors (Lipinski definition) is 1. The molecular weight excluding hydrogens is 158 g/mol. The van der Waals surface area contributed by atoms with Crippen molar-refractivity contribution in [1.29, 1.82) is 0 Å². The van der Waals surface area contributed by atoms with Crippen LogP contribution in [0.5, 0.6) is 0 Å². The van der Waals surface area contributed by atoms with Crippen LogP contribution < -0.4 is 5.32 Å². The van der Waals surface area contributed by atoms with Gasteiger partial charge in [-0.1, -0.05) is 0 Å². The van der Waals surface area contributed by atoms with E-state index in [1.54, 1.807) is 0 Å². The molecule has 1 aliphatic rings. The first-order valence-corrected chi connectivity index (χ1v) is 4.09. The highest BCUT2D eigenvalue weighted by Crippen LogP contribution is 2.13. The number of amides is 1. The van der Waals surface area contributed by atoms with E-state index >= 15 is 0 Å². The Morgan fingerprint density at radius 3 is 2.75 bits per heavy atom. The number of esters is 1. The smallest absolute Gasteiger partial charge is 0.306 e. The summed E-state index contributed by atoms with van der Waals surface area (Å²) in [5.41, 5.74) is 0. The molecular formula is C8H13NO3. The first kappa shape index (κ1) is 9.03. The molecule has 0 radical (unpaired) electrons. The molecule has 1 fully saturated rings. The first-order valence-electron chi connectivity index (χ1n) is 4.09. The monoisotopic (exact) mass is 171 g/mol. The zero-order chi connectivity index (χ0) is 9.14. The van der Waals surface area contributed by atoms with Crippen molar-refractivity contribution in [2.75, 3.05) is 0 Å². The molecule has 0 aromatic heterocycles. The van der Waals surface area contributed by atoms with Gasteiger partial charge in [-0.15, -0.1) is 0 Å². The maximum Gasteiger partial charge on any atom is 0.306 e. The second-order valence-corrected chi connectivity index (χ2v) is 3.18. The van der Waals surface area contributed by atoms with Crippen molar-refractivity contribution in [2.24, 2.45) is 0 Å². The van der Waals surface area contributed by atoms with Gasteiger partial charge in [-0.25, -0.2) is 0 Å². The first-order chi connectivity index (χ1) is 5.59. The van der Waals surface area contributed by atoms with E-state index in [1.165, 1.54) is 0 Å². The largest absolute Gasteiger partial charge is 0.452 e. The van der Waals surface area contributed by atoms with Gasteiger partial charge >= 0.3 is 5.97 Å². The number of carbonyl (C=O) groups excluding carboxylic acids is 2. The average molecular weight is 171 g/mol. The Kier molecular flexibility index (Phi) is 2.68. The molecule has 0 saturated carbocycles. The average Bonchev–Trinajstić information content (AvgIpc) is 2.34. The van der Waals surface area contributed by atoms with Gasteiger partial charge in [-0.3, -0.25) is 9.59 Å².